The Bertz CT molecular complexity index is 735. The van der Waals surface area contributed by atoms with E-state index < -0.39 is 6.10 Å². The summed E-state index contributed by atoms with van der Waals surface area (Å²) in [6, 6.07) is 15.5. The summed E-state index contributed by atoms with van der Waals surface area (Å²) in [5.41, 5.74) is 4.78. The van der Waals surface area contributed by atoms with E-state index in [0.717, 1.165) is 17.9 Å². The highest BCUT2D eigenvalue weighted by molar-refractivity contribution is 5.65. The molecule has 2 aromatic rings. The summed E-state index contributed by atoms with van der Waals surface area (Å²) in [4.78, 5) is 2.43. The molecule has 1 aliphatic rings. The molecule has 1 saturated carbocycles. The third kappa shape index (κ3) is 5.59. The Labute approximate surface area is 170 Å². The second kappa shape index (κ2) is 10.1. The van der Waals surface area contributed by atoms with Crippen LogP contribution in [-0.2, 0) is 0 Å². The zero-order chi connectivity index (χ0) is 19.9. The number of aryl methyl sites for hydroxylation is 2. The second-order valence-electron chi connectivity index (χ2n) is 8.19. The third-order valence-electron chi connectivity index (χ3n) is 5.93. The smallest absolute Gasteiger partial charge is 0.122 e. The lowest BCUT2D eigenvalue weighted by Gasteiger charge is -2.34. The number of nitrogens with zero attached hydrogens (tertiary/aromatic N) is 1. The first kappa shape index (κ1) is 20.9. The fraction of sp³-hybridized carbons (Fsp3) is 0.520. The van der Waals surface area contributed by atoms with E-state index >= 15 is 0 Å². The maximum absolute atomic E-state index is 10.5. The normalized spacial score (nSPS) is 16.3. The summed E-state index contributed by atoms with van der Waals surface area (Å²) in [7, 11) is 0. The van der Waals surface area contributed by atoms with Crippen molar-refractivity contribution in [2.24, 2.45) is 0 Å². The highest BCUT2D eigenvalue weighted by Crippen LogP contribution is 2.27. The molecular weight excluding hydrogens is 346 g/mol. The zero-order valence-corrected chi connectivity index (χ0v) is 17.7. The lowest BCUT2D eigenvalue weighted by molar-refractivity contribution is 0.0462. The molecule has 1 aliphatic carbocycles. The van der Waals surface area contributed by atoms with Crippen molar-refractivity contribution in [1.29, 1.82) is 0 Å². The van der Waals surface area contributed by atoms with Crippen LogP contribution in [0.2, 0.25) is 0 Å². The summed E-state index contributed by atoms with van der Waals surface area (Å²) < 4.78 is 5.96. The topological polar surface area (TPSA) is 32.7 Å². The molecule has 3 nitrogen and oxygen atoms in total. The molecule has 0 saturated heterocycles. The second-order valence-corrected chi connectivity index (χ2v) is 8.19. The quantitative estimate of drug-likeness (QED) is 0.668. The molecule has 0 bridgehead atoms. The molecule has 0 unspecified atom stereocenters. The number of aliphatic hydroxyl groups excluding tert-OH is 1. The summed E-state index contributed by atoms with van der Waals surface area (Å²) in [6.45, 7) is 8.39. The van der Waals surface area contributed by atoms with E-state index in [-0.39, 0.29) is 0 Å². The van der Waals surface area contributed by atoms with E-state index in [2.05, 4.69) is 62.1 Å². The van der Waals surface area contributed by atoms with E-state index in [4.69, 9.17) is 4.74 Å². The summed E-state index contributed by atoms with van der Waals surface area (Å²) in [6.07, 6.45) is 6.07. The summed E-state index contributed by atoms with van der Waals surface area (Å²) in [5, 5.41) is 10.5. The van der Waals surface area contributed by atoms with Gasteiger partial charge in [0.15, 0.2) is 0 Å². The van der Waals surface area contributed by atoms with Crippen LogP contribution in [0.4, 0.5) is 0 Å². The molecule has 0 amide bonds. The monoisotopic (exact) mass is 381 g/mol. The van der Waals surface area contributed by atoms with E-state index in [0.29, 0.717) is 19.2 Å². The van der Waals surface area contributed by atoms with E-state index in [1.807, 2.05) is 6.07 Å². The van der Waals surface area contributed by atoms with Crippen molar-refractivity contribution in [3.05, 3.63) is 53.6 Å². The number of rotatable bonds is 8. The SMILES string of the molecule is CCN(C[C@H](O)COc1ccc(-c2ccc(C)cc2)cc1C)C1CCCCC1. The van der Waals surface area contributed by atoms with Gasteiger partial charge in [0.05, 0.1) is 0 Å². The number of aliphatic hydroxyl groups is 1. The predicted molar refractivity (Wildman–Crippen MR) is 117 cm³/mol. The van der Waals surface area contributed by atoms with Crippen molar-refractivity contribution < 1.29 is 9.84 Å². The van der Waals surface area contributed by atoms with Crippen molar-refractivity contribution in [2.45, 2.75) is 65.0 Å². The van der Waals surface area contributed by atoms with Crippen molar-refractivity contribution in [3.63, 3.8) is 0 Å². The van der Waals surface area contributed by atoms with Crippen molar-refractivity contribution in [3.8, 4) is 16.9 Å². The van der Waals surface area contributed by atoms with Crippen LogP contribution < -0.4 is 4.74 Å². The van der Waals surface area contributed by atoms with Gasteiger partial charge < -0.3 is 9.84 Å². The molecule has 0 aromatic heterocycles. The van der Waals surface area contributed by atoms with Gasteiger partial charge in [-0.1, -0.05) is 62.1 Å². The molecular formula is C25H35NO2. The molecule has 0 heterocycles. The van der Waals surface area contributed by atoms with E-state index in [9.17, 15) is 5.11 Å². The van der Waals surface area contributed by atoms with Gasteiger partial charge in [0.25, 0.3) is 0 Å². The Morgan fingerprint density at radius 2 is 1.68 bits per heavy atom. The van der Waals surface area contributed by atoms with Gasteiger partial charge in [-0.2, -0.15) is 0 Å². The van der Waals surface area contributed by atoms with Gasteiger partial charge in [-0.25, -0.2) is 0 Å². The predicted octanol–water partition coefficient (Wildman–Crippen LogP) is 5.36. The summed E-state index contributed by atoms with van der Waals surface area (Å²) in [5.74, 6) is 0.857. The van der Waals surface area contributed by atoms with Crippen molar-refractivity contribution in [2.75, 3.05) is 19.7 Å². The Hall–Kier alpha value is -1.84. The maximum Gasteiger partial charge on any atom is 0.122 e. The Morgan fingerprint density at radius 3 is 2.32 bits per heavy atom. The Kier molecular flexibility index (Phi) is 7.52. The number of ether oxygens (including phenoxy) is 1. The first-order valence-electron chi connectivity index (χ1n) is 10.8. The van der Waals surface area contributed by atoms with Gasteiger partial charge in [-0.05, 0) is 62.1 Å². The minimum Gasteiger partial charge on any atom is -0.491 e. The van der Waals surface area contributed by atoms with Crippen molar-refractivity contribution >= 4 is 0 Å². The Balaban J connectivity index is 1.55. The molecule has 1 N–H and O–H groups in total. The first-order valence-corrected chi connectivity index (χ1v) is 10.8. The lowest BCUT2D eigenvalue weighted by Crippen LogP contribution is -2.43. The van der Waals surface area contributed by atoms with Crippen LogP contribution in [0.15, 0.2) is 42.5 Å². The summed E-state index contributed by atoms with van der Waals surface area (Å²) >= 11 is 0. The maximum atomic E-state index is 10.5. The van der Waals surface area contributed by atoms with Gasteiger partial charge in [-0.15, -0.1) is 0 Å². The van der Waals surface area contributed by atoms with E-state index in [1.165, 1.54) is 48.8 Å². The van der Waals surface area contributed by atoms with Gasteiger partial charge in [-0.3, -0.25) is 4.90 Å². The molecule has 0 radical (unpaired) electrons. The average Bonchev–Trinajstić information content (AvgIpc) is 2.72. The van der Waals surface area contributed by atoms with Gasteiger partial charge in [0, 0.05) is 12.6 Å². The molecule has 0 aliphatic heterocycles. The van der Waals surface area contributed by atoms with Gasteiger partial charge >= 0.3 is 0 Å². The van der Waals surface area contributed by atoms with Gasteiger partial charge in [0.1, 0.15) is 18.5 Å². The number of hydrogen-bond acceptors (Lipinski definition) is 3. The Morgan fingerprint density at radius 1 is 1.00 bits per heavy atom. The average molecular weight is 382 g/mol. The highest BCUT2D eigenvalue weighted by atomic mass is 16.5. The van der Waals surface area contributed by atoms with Crippen LogP contribution in [0.1, 0.15) is 50.2 Å². The molecule has 2 aromatic carbocycles. The number of hydrogen-bond donors (Lipinski definition) is 1. The number of likely N-dealkylation sites (N-methyl/N-ethyl adjacent to an activating group) is 1. The van der Waals surface area contributed by atoms with Crippen LogP contribution in [0.5, 0.6) is 5.75 Å². The highest BCUT2D eigenvalue weighted by Gasteiger charge is 2.22. The molecule has 3 rings (SSSR count). The van der Waals surface area contributed by atoms with Crippen LogP contribution in [0, 0.1) is 13.8 Å². The molecule has 28 heavy (non-hydrogen) atoms. The van der Waals surface area contributed by atoms with Crippen LogP contribution >= 0.6 is 0 Å². The largest absolute Gasteiger partial charge is 0.491 e. The fourth-order valence-corrected chi connectivity index (χ4v) is 4.23. The standard InChI is InChI=1S/C25H35NO2/c1-4-26(23-8-6-5-7-9-23)17-24(27)18-28-25-15-14-22(16-20(25)3)21-12-10-19(2)11-13-21/h10-16,23-24,27H,4-9,17-18H2,1-3H3/t24-/m0/s1. The molecule has 1 fully saturated rings. The minimum absolute atomic E-state index is 0.341. The first-order chi connectivity index (χ1) is 13.6. The van der Waals surface area contributed by atoms with E-state index in [1.54, 1.807) is 0 Å². The van der Waals surface area contributed by atoms with Crippen LogP contribution in [0.25, 0.3) is 11.1 Å². The van der Waals surface area contributed by atoms with Gasteiger partial charge in [0.2, 0.25) is 0 Å². The molecule has 152 valence electrons. The molecule has 3 heteroatoms. The van der Waals surface area contributed by atoms with Crippen LogP contribution in [-0.4, -0.2) is 41.8 Å². The fourth-order valence-electron chi connectivity index (χ4n) is 4.23. The lowest BCUT2D eigenvalue weighted by atomic mass is 9.94. The minimum atomic E-state index is -0.460. The molecule has 1 atom stereocenters. The molecule has 0 spiro atoms. The van der Waals surface area contributed by atoms with Crippen molar-refractivity contribution in [1.82, 2.24) is 4.90 Å². The van der Waals surface area contributed by atoms with Crippen LogP contribution in [0.3, 0.4) is 0 Å². The zero-order valence-electron chi connectivity index (χ0n) is 17.7. The number of benzene rings is 2. The third-order valence-corrected chi connectivity index (χ3v) is 5.93.